The van der Waals surface area contributed by atoms with E-state index >= 15 is 0 Å². The van der Waals surface area contributed by atoms with E-state index in [1.54, 1.807) is 6.20 Å². The summed E-state index contributed by atoms with van der Waals surface area (Å²) in [5.74, 6) is -0.192. The van der Waals surface area contributed by atoms with E-state index in [1.807, 2.05) is 20.8 Å². The summed E-state index contributed by atoms with van der Waals surface area (Å²) in [6.07, 6.45) is 2.00. The van der Waals surface area contributed by atoms with Gasteiger partial charge in [0.1, 0.15) is 12.3 Å². The Morgan fingerprint density at radius 3 is 2.76 bits per heavy atom. The maximum absolute atomic E-state index is 11.3. The molecule has 1 aromatic heterocycles. The Morgan fingerprint density at radius 2 is 2.18 bits per heavy atom. The van der Waals surface area contributed by atoms with Crippen LogP contribution < -0.4 is 0 Å². The number of nitrogens with one attached hydrogen (secondary N) is 1. The van der Waals surface area contributed by atoms with Crippen molar-refractivity contribution in [3.63, 3.8) is 0 Å². The smallest absolute Gasteiger partial charge is 0.306 e. The van der Waals surface area contributed by atoms with Crippen molar-refractivity contribution < 1.29 is 14.3 Å². The van der Waals surface area contributed by atoms with Gasteiger partial charge in [0.15, 0.2) is 0 Å². The third kappa shape index (κ3) is 6.68. The molecule has 0 saturated heterocycles. The first-order valence-electron chi connectivity index (χ1n) is 5.55. The largest absolute Gasteiger partial charge is 0.463 e. The van der Waals surface area contributed by atoms with Crippen molar-refractivity contribution in [2.75, 3.05) is 13.2 Å². The van der Waals surface area contributed by atoms with Gasteiger partial charge >= 0.3 is 5.97 Å². The first-order valence-corrected chi connectivity index (χ1v) is 5.55. The van der Waals surface area contributed by atoms with Crippen LogP contribution in [-0.2, 0) is 20.9 Å². The fourth-order valence-corrected chi connectivity index (χ4v) is 1.17. The summed E-state index contributed by atoms with van der Waals surface area (Å²) in [6.45, 7) is 6.99. The van der Waals surface area contributed by atoms with E-state index in [-0.39, 0.29) is 18.0 Å². The summed E-state index contributed by atoms with van der Waals surface area (Å²) < 4.78 is 10.3. The van der Waals surface area contributed by atoms with Crippen molar-refractivity contribution in [1.29, 1.82) is 0 Å². The van der Waals surface area contributed by atoms with Crippen molar-refractivity contribution >= 4 is 5.97 Å². The number of aromatic nitrogens is 3. The van der Waals surface area contributed by atoms with E-state index in [1.165, 1.54) is 0 Å². The lowest BCUT2D eigenvalue weighted by molar-refractivity contribution is -0.147. The van der Waals surface area contributed by atoms with Gasteiger partial charge in [0.2, 0.25) is 0 Å². The molecule has 0 spiro atoms. The van der Waals surface area contributed by atoms with Crippen molar-refractivity contribution in [3.05, 3.63) is 11.9 Å². The number of aromatic amines is 1. The van der Waals surface area contributed by atoms with Gasteiger partial charge in [0.05, 0.1) is 25.8 Å². The molecule has 0 atom stereocenters. The van der Waals surface area contributed by atoms with Gasteiger partial charge in [0, 0.05) is 0 Å². The summed E-state index contributed by atoms with van der Waals surface area (Å²) in [7, 11) is 0. The normalized spacial score (nSPS) is 11.5. The average Bonchev–Trinajstić information content (AvgIpc) is 2.67. The summed E-state index contributed by atoms with van der Waals surface area (Å²) in [4.78, 5) is 11.3. The molecule has 1 heterocycles. The quantitative estimate of drug-likeness (QED) is 0.600. The fraction of sp³-hybridized carbons (Fsp3) is 0.727. The summed E-state index contributed by atoms with van der Waals surface area (Å²) in [6, 6.07) is 0. The SMILES string of the molecule is CC(C)(C)CC(=O)OCCOCc1cn[nH]n1. The highest BCUT2D eigenvalue weighted by molar-refractivity contribution is 5.70. The molecule has 0 radical (unpaired) electrons. The van der Waals surface area contributed by atoms with E-state index < -0.39 is 0 Å². The second-order valence-electron chi connectivity index (χ2n) is 4.97. The van der Waals surface area contributed by atoms with Gasteiger partial charge in [0.25, 0.3) is 0 Å². The lowest BCUT2D eigenvalue weighted by Crippen LogP contribution is -2.17. The number of esters is 1. The third-order valence-electron chi connectivity index (χ3n) is 1.88. The van der Waals surface area contributed by atoms with E-state index in [0.717, 1.165) is 5.69 Å². The summed E-state index contributed by atoms with van der Waals surface area (Å²) in [5.41, 5.74) is 0.685. The molecular formula is C11H19N3O3. The Balaban J connectivity index is 2.02. The third-order valence-corrected chi connectivity index (χ3v) is 1.88. The van der Waals surface area contributed by atoms with Crippen molar-refractivity contribution in [1.82, 2.24) is 15.4 Å². The molecule has 17 heavy (non-hydrogen) atoms. The van der Waals surface area contributed by atoms with Crippen LogP contribution in [0.1, 0.15) is 32.9 Å². The second kappa shape index (κ2) is 6.34. The molecule has 0 aliphatic carbocycles. The molecule has 0 saturated carbocycles. The minimum atomic E-state index is -0.192. The molecule has 0 aliphatic rings. The highest BCUT2D eigenvalue weighted by Gasteiger charge is 2.16. The standard InChI is InChI=1S/C11H19N3O3/c1-11(2,3)6-10(15)17-5-4-16-8-9-7-12-14-13-9/h7H,4-6,8H2,1-3H3,(H,12,13,14). The Hall–Kier alpha value is -1.43. The summed E-state index contributed by atoms with van der Waals surface area (Å²) >= 11 is 0. The van der Waals surface area contributed by atoms with E-state index in [9.17, 15) is 4.79 Å². The van der Waals surface area contributed by atoms with Crippen LogP contribution in [0.4, 0.5) is 0 Å². The van der Waals surface area contributed by atoms with Gasteiger partial charge in [-0.1, -0.05) is 20.8 Å². The first-order chi connectivity index (χ1) is 7.97. The molecular weight excluding hydrogens is 222 g/mol. The predicted molar refractivity (Wildman–Crippen MR) is 61.1 cm³/mol. The van der Waals surface area contributed by atoms with Crippen LogP contribution in [0.5, 0.6) is 0 Å². The minimum absolute atomic E-state index is 0.0430. The number of ether oxygens (including phenoxy) is 2. The first kappa shape index (κ1) is 13.6. The topological polar surface area (TPSA) is 77.1 Å². The number of rotatable bonds is 6. The predicted octanol–water partition coefficient (Wildman–Crippen LogP) is 1.30. The van der Waals surface area contributed by atoms with Crippen molar-refractivity contribution in [2.45, 2.75) is 33.8 Å². The van der Waals surface area contributed by atoms with Crippen LogP contribution in [0.2, 0.25) is 0 Å². The zero-order valence-electron chi connectivity index (χ0n) is 10.5. The Morgan fingerprint density at radius 1 is 1.41 bits per heavy atom. The van der Waals surface area contributed by atoms with Gasteiger partial charge in [-0.25, -0.2) is 0 Å². The van der Waals surface area contributed by atoms with Gasteiger partial charge in [-0.15, -0.1) is 0 Å². The van der Waals surface area contributed by atoms with Crippen molar-refractivity contribution in [3.8, 4) is 0 Å². The van der Waals surface area contributed by atoms with Crippen LogP contribution in [0, 0.1) is 5.41 Å². The fourth-order valence-electron chi connectivity index (χ4n) is 1.17. The molecule has 1 rings (SSSR count). The van der Waals surface area contributed by atoms with E-state index in [2.05, 4.69) is 15.4 Å². The lowest BCUT2D eigenvalue weighted by atomic mass is 9.93. The number of carbonyl (C=O) groups excluding carboxylic acids is 1. The molecule has 6 nitrogen and oxygen atoms in total. The molecule has 6 heteroatoms. The Kier molecular flexibility index (Phi) is 5.09. The van der Waals surface area contributed by atoms with Gasteiger partial charge in [-0.05, 0) is 5.41 Å². The number of nitrogens with zero attached hydrogens (tertiary/aromatic N) is 2. The van der Waals surface area contributed by atoms with E-state index in [4.69, 9.17) is 9.47 Å². The number of carbonyl (C=O) groups is 1. The second-order valence-corrected chi connectivity index (χ2v) is 4.97. The van der Waals surface area contributed by atoms with Crippen LogP contribution in [0.25, 0.3) is 0 Å². The number of H-pyrrole nitrogens is 1. The monoisotopic (exact) mass is 241 g/mol. The molecule has 0 bridgehead atoms. The lowest BCUT2D eigenvalue weighted by Gasteiger charge is -2.16. The highest BCUT2D eigenvalue weighted by Crippen LogP contribution is 2.18. The Labute approximate surface area is 101 Å². The molecule has 0 fully saturated rings. The minimum Gasteiger partial charge on any atom is -0.463 e. The van der Waals surface area contributed by atoms with Crippen LogP contribution in [0.15, 0.2) is 6.20 Å². The number of hydrogen-bond donors (Lipinski definition) is 1. The van der Waals surface area contributed by atoms with Crippen LogP contribution >= 0.6 is 0 Å². The highest BCUT2D eigenvalue weighted by atomic mass is 16.6. The van der Waals surface area contributed by atoms with Crippen molar-refractivity contribution in [2.24, 2.45) is 5.41 Å². The molecule has 0 amide bonds. The molecule has 0 aliphatic heterocycles. The maximum atomic E-state index is 11.3. The van der Waals surface area contributed by atoms with Crippen LogP contribution in [0.3, 0.4) is 0 Å². The average molecular weight is 241 g/mol. The Bertz CT molecular complexity index is 330. The van der Waals surface area contributed by atoms with Gasteiger partial charge in [-0.2, -0.15) is 15.4 Å². The maximum Gasteiger partial charge on any atom is 0.306 e. The molecule has 0 aromatic carbocycles. The van der Waals surface area contributed by atoms with Gasteiger partial charge < -0.3 is 9.47 Å². The number of hydrogen-bond acceptors (Lipinski definition) is 5. The van der Waals surface area contributed by atoms with Crippen LogP contribution in [-0.4, -0.2) is 34.6 Å². The zero-order valence-corrected chi connectivity index (χ0v) is 10.5. The molecule has 96 valence electrons. The molecule has 0 unspecified atom stereocenters. The molecule has 1 N–H and O–H groups in total. The zero-order chi connectivity index (χ0) is 12.7. The van der Waals surface area contributed by atoms with E-state index in [0.29, 0.717) is 19.6 Å². The molecule has 1 aromatic rings. The van der Waals surface area contributed by atoms with Gasteiger partial charge in [-0.3, -0.25) is 4.79 Å². The summed E-state index contributed by atoms with van der Waals surface area (Å²) in [5, 5.41) is 9.97.